The minimum atomic E-state index is -0.120. The maximum atomic E-state index is 13.5. The molecule has 3 aromatic carbocycles. The van der Waals surface area contributed by atoms with Gasteiger partial charge >= 0.3 is 0 Å². The molecular formula is C25H19NO3. The largest absolute Gasteiger partial charge is 0.494 e. The van der Waals surface area contributed by atoms with Crippen molar-refractivity contribution in [3.05, 3.63) is 89.1 Å². The van der Waals surface area contributed by atoms with E-state index in [0.29, 0.717) is 34.7 Å². The lowest BCUT2D eigenvalue weighted by Crippen LogP contribution is -2.22. The third-order valence-electron chi connectivity index (χ3n) is 5.53. The highest BCUT2D eigenvalue weighted by Gasteiger charge is 2.35. The van der Waals surface area contributed by atoms with E-state index >= 15 is 0 Å². The van der Waals surface area contributed by atoms with Crippen molar-refractivity contribution in [2.45, 2.75) is 6.92 Å². The zero-order valence-electron chi connectivity index (χ0n) is 16.2. The average Bonchev–Trinajstić information content (AvgIpc) is 3.05. The molecule has 0 saturated carbocycles. The highest BCUT2D eigenvalue weighted by atomic mass is 16.5. The van der Waals surface area contributed by atoms with Crippen molar-refractivity contribution < 1.29 is 14.3 Å². The molecule has 0 unspecified atom stereocenters. The Morgan fingerprint density at radius 1 is 0.828 bits per heavy atom. The van der Waals surface area contributed by atoms with Gasteiger partial charge in [0.25, 0.3) is 0 Å². The second-order valence-corrected chi connectivity index (χ2v) is 7.15. The van der Waals surface area contributed by atoms with Crippen molar-refractivity contribution in [2.75, 3.05) is 6.61 Å². The highest BCUT2D eigenvalue weighted by Crippen LogP contribution is 2.41. The number of hydrogen-bond donors (Lipinski definition) is 0. The number of ketones is 2. The predicted octanol–water partition coefficient (Wildman–Crippen LogP) is 5.02. The van der Waals surface area contributed by atoms with Crippen LogP contribution in [0.25, 0.3) is 22.0 Å². The van der Waals surface area contributed by atoms with Crippen LogP contribution < -0.4 is 4.74 Å². The molecule has 5 rings (SSSR count). The summed E-state index contributed by atoms with van der Waals surface area (Å²) in [6.07, 6.45) is 0. The topological polar surface area (TPSA) is 48.3 Å². The number of aromatic nitrogens is 1. The van der Waals surface area contributed by atoms with Gasteiger partial charge in [-0.1, -0.05) is 54.6 Å². The Kier molecular flexibility index (Phi) is 3.88. The average molecular weight is 381 g/mol. The standard InChI is InChI=1S/C25H19NO3/c1-3-29-16-13-19(15-9-5-4-6-10-15)21-20(14-16)26(2)23-22(21)24(27)17-11-7-8-12-18(17)25(23)28/h4-14H,3H2,1-2H3. The fourth-order valence-corrected chi connectivity index (χ4v) is 4.26. The van der Waals surface area contributed by atoms with E-state index in [1.807, 2.05) is 61.0 Å². The lowest BCUT2D eigenvalue weighted by atomic mass is 9.85. The monoisotopic (exact) mass is 381 g/mol. The Morgan fingerprint density at radius 3 is 2.17 bits per heavy atom. The van der Waals surface area contributed by atoms with Gasteiger partial charge in [-0.3, -0.25) is 9.59 Å². The normalized spacial score (nSPS) is 12.8. The van der Waals surface area contributed by atoms with Crippen LogP contribution in [0.2, 0.25) is 0 Å². The van der Waals surface area contributed by atoms with Gasteiger partial charge in [-0.2, -0.15) is 0 Å². The van der Waals surface area contributed by atoms with E-state index in [0.717, 1.165) is 22.0 Å². The van der Waals surface area contributed by atoms with Crippen molar-refractivity contribution in [3.63, 3.8) is 0 Å². The van der Waals surface area contributed by atoms with Gasteiger partial charge < -0.3 is 9.30 Å². The zero-order chi connectivity index (χ0) is 20.1. The van der Waals surface area contributed by atoms with E-state index in [1.54, 1.807) is 24.3 Å². The molecule has 1 aliphatic carbocycles. The van der Waals surface area contributed by atoms with E-state index in [9.17, 15) is 9.59 Å². The number of ether oxygens (including phenoxy) is 1. The summed E-state index contributed by atoms with van der Waals surface area (Å²) in [5.41, 5.74) is 4.53. The first-order valence-corrected chi connectivity index (χ1v) is 9.65. The summed E-state index contributed by atoms with van der Waals surface area (Å²) in [5, 5.41) is 0.796. The number of hydrogen-bond acceptors (Lipinski definition) is 3. The third-order valence-corrected chi connectivity index (χ3v) is 5.53. The van der Waals surface area contributed by atoms with Gasteiger partial charge in [-0.25, -0.2) is 0 Å². The summed E-state index contributed by atoms with van der Waals surface area (Å²) in [6, 6.07) is 20.8. The molecule has 0 fully saturated rings. The molecule has 4 aromatic rings. The number of fused-ring (bicyclic) bond motifs is 4. The maximum absolute atomic E-state index is 13.5. The number of rotatable bonds is 3. The van der Waals surface area contributed by atoms with Crippen LogP contribution in [-0.2, 0) is 7.05 Å². The minimum absolute atomic E-state index is 0.109. The first-order chi connectivity index (χ1) is 14.1. The molecule has 1 aromatic heterocycles. The summed E-state index contributed by atoms with van der Waals surface area (Å²) in [6.45, 7) is 2.47. The summed E-state index contributed by atoms with van der Waals surface area (Å²) >= 11 is 0. The van der Waals surface area contributed by atoms with Crippen LogP contribution in [0.5, 0.6) is 5.75 Å². The van der Waals surface area contributed by atoms with Crippen molar-refractivity contribution in [3.8, 4) is 16.9 Å². The molecule has 4 heteroatoms. The molecule has 0 radical (unpaired) electrons. The number of carbonyl (C=O) groups excluding carboxylic acids is 2. The van der Waals surface area contributed by atoms with E-state index in [2.05, 4.69) is 0 Å². The van der Waals surface area contributed by atoms with Crippen molar-refractivity contribution in [1.29, 1.82) is 0 Å². The fourth-order valence-electron chi connectivity index (χ4n) is 4.26. The fraction of sp³-hybridized carbons (Fsp3) is 0.120. The molecule has 142 valence electrons. The smallest absolute Gasteiger partial charge is 0.210 e. The van der Waals surface area contributed by atoms with Crippen molar-refractivity contribution in [1.82, 2.24) is 4.57 Å². The van der Waals surface area contributed by atoms with Gasteiger partial charge in [0.1, 0.15) is 11.4 Å². The molecule has 1 heterocycles. The third kappa shape index (κ3) is 2.46. The van der Waals surface area contributed by atoms with Gasteiger partial charge in [-0.15, -0.1) is 0 Å². The van der Waals surface area contributed by atoms with Crippen LogP contribution >= 0.6 is 0 Å². The molecule has 0 bridgehead atoms. The number of benzene rings is 3. The van der Waals surface area contributed by atoms with E-state index in [4.69, 9.17) is 4.74 Å². The quantitative estimate of drug-likeness (QED) is 0.441. The Balaban J connectivity index is 1.92. The number of nitrogens with zero attached hydrogens (tertiary/aromatic N) is 1. The molecule has 0 spiro atoms. The summed E-state index contributed by atoms with van der Waals surface area (Å²) in [7, 11) is 1.84. The Labute approximate surface area is 168 Å². The van der Waals surface area contributed by atoms with E-state index < -0.39 is 0 Å². The van der Waals surface area contributed by atoms with E-state index in [-0.39, 0.29) is 11.6 Å². The Hall–Kier alpha value is -3.66. The van der Waals surface area contributed by atoms with Crippen LogP contribution in [0.15, 0.2) is 66.7 Å². The molecule has 0 aliphatic heterocycles. The molecule has 29 heavy (non-hydrogen) atoms. The van der Waals surface area contributed by atoms with Crippen LogP contribution in [0.1, 0.15) is 38.9 Å². The second-order valence-electron chi connectivity index (χ2n) is 7.15. The first-order valence-electron chi connectivity index (χ1n) is 9.65. The molecule has 0 amide bonds. The van der Waals surface area contributed by atoms with Crippen LogP contribution in [0.4, 0.5) is 0 Å². The Morgan fingerprint density at radius 2 is 1.48 bits per heavy atom. The SMILES string of the molecule is CCOc1cc(-c2ccccc2)c2c3c(n(C)c2c1)C(=O)c1ccccc1C3=O. The predicted molar refractivity (Wildman–Crippen MR) is 113 cm³/mol. The Bertz CT molecular complexity index is 1300. The number of aryl methyl sites for hydroxylation is 1. The van der Waals surface area contributed by atoms with Crippen LogP contribution in [0.3, 0.4) is 0 Å². The van der Waals surface area contributed by atoms with Gasteiger partial charge in [0.05, 0.1) is 17.7 Å². The van der Waals surface area contributed by atoms with Crippen LogP contribution in [0, 0.1) is 0 Å². The van der Waals surface area contributed by atoms with Crippen LogP contribution in [-0.4, -0.2) is 22.7 Å². The molecular weight excluding hydrogens is 362 g/mol. The molecule has 0 saturated heterocycles. The molecule has 0 N–H and O–H groups in total. The van der Waals surface area contributed by atoms with Gasteiger partial charge in [0.15, 0.2) is 5.78 Å². The summed E-state index contributed by atoms with van der Waals surface area (Å²) in [4.78, 5) is 26.8. The maximum Gasteiger partial charge on any atom is 0.210 e. The highest BCUT2D eigenvalue weighted by molar-refractivity contribution is 6.33. The van der Waals surface area contributed by atoms with Crippen molar-refractivity contribution >= 4 is 22.5 Å². The van der Waals surface area contributed by atoms with E-state index in [1.165, 1.54) is 0 Å². The zero-order valence-corrected chi connectivity index (χ0v) is 16.2. The second kappa shape index (κ2) is 6.45. The lowest BCUT2D eigenvalue weighted by molar-refractivity contribution is 0.0975. The molecule has 1 aliphatic rings. The minimum Gasteiger partial charge on any atom is -0.494 e. The summed E-state index contributed by atoms with van der Waals surface area (Å²) < 4.78 is 7.62. The molecule has 0 atom stereocenters. The molecule has 4 nitrogen and oxygen atoms in total. The number of carbonyl (C=O) groups is 2. The van der Waals surface area contributed by atoms with Gasteiger partial charge in [0, 0.05) is 29.6 Å². The first kappa shape index (κ1) is 17.4. The lowest BCUT2D eigenvalue weighted by Gasteiger charge is -2.16. The van der Waals surface area contributed by atoms with Gasteiger partial charge in [-0.05, 0) is 24.1 Å². The summed E-state index contributed by atoms with van der Waals surface area (Å²) in [5.74, 6) is 0.488. The van der Waals surface area contributed by atoms with Gasteiger partial charge in [0.2, 0.25) is 5.78 Å². The van der Waals surface area contributed by atoms with Crippen molar-refractivity contribution in [2.24, 2.45) is 7.05 Å².